The van der Waals surface area contributed by atoms with Gasteiger partial charge >= 0.3 is 5.97 Å². The molecule has 5 aliphatic rings. The number of fused-ring (bicyclic) bond motifs is 2. The van der Waals surface area contributed by atoms with Crippen LogP contribution < -0.4 is 0 Å². The highest BCUT2D eigenvalue weighted by atomic mass is 16.5. The molecule has 5 fully saturated rings. The number of carbonyl (C=O) groups is 1. The average Bonchev–Trinajstić information content (AvgIpc) is 3.56. The maximum atomic E-state index is 13.0. The first kappa shape index (κ1) is 31.9. The molecule has 0 aliphatic heterocycles. The molecule has 0 amide bonds. The second kappa shape index (κ2) is 11.0. The van der Waals surface area contributed by atoms with Gasteiger partial charge in [-0.3, -0.25) is 0 Å². The molecule has 44 heavy (non-hydrogen) atoms. The lowest BCUT2D eigenvalue weighted by Crippen LogP contribution is -2.58. The van der Waals surface area contributed by atoms with Crippen molar-refractivity contribution >= 4 is 12.0 Å². The Bertz CT molecular complexity index is 1290. The Morgan fingerprint density at radius 3 is 2.32 bits per heavy atom. The summed E-state index contributed by atoms with van der Waals surface area (Å²) in [5.41, 5.74) is 4.12. The van der Waals surface area contributed by atoms with Crippen LogP contribution in [0.25, 0.3) is 6.08 Å². The van der Waals surface area contributed by atoms with Crippen molar-refractivity contribution in [2.75, 3.05) is 0 Å². The van der Waals surface area contributed by atoms with E-state index in [9.17, 15) is 9.90 Å². The van der Waals surface area contributed by atoms with E-state index in [1.165, 1.54) is 76.2 Å². The molecule has 6 rings (SSSR count). The van der Waals surface area contributed by atoms with Crippen molar-refractivity contribution in [1.29, 1.82) is 0 Å². The maximum Gasteiger partial charge on any atom is 0.331 e. The summed E-state index contributed by atoms with van der Waals surface area (Å²) in [5.74, 6) is 3.80. The van der Waals surface area contributed by atoms with Gasteiger partial charge in [-0.1, -0.05) is 65.8 Å². The summed E-state index contributed by atoms with van der Waals surface area (Å²) in [7, 11) is 0. The van der Waals surface area contributed by atoms with Gasteiger partial charge in [-0.05, 0) is 159 Å². The van der Waals surface area contributed by atoms with E-state index in [1.54, 1.807) is 24.3 Å². The van der Waals surface area contributed by atoms with Crippen LogP contribution in [-0.4, -0.2) is 17.2 Å². The number of phenolic OH excluding ortho intramolecular Hbond substituents is 1. The molecule has 5 aliphatic carbocycles. The van der Waals surface area contributed by atoms with Gasteiger partial charge in [-0.2, -0.15) is 0 Å². The Kier molecular flexibility index (Phi) is 8.02. The SMILES string of the molecule is C=C(C)[C@H](CC)CC[C@@H](C)[C@@H]1CC[C@@]2(C)[C@@H]3CC[C@H]4C(C)(C)[C@@H](OC(=O)C=Cc5ccc(O)cc5)CC[C@@]45C[C@@]35CC[C@]12C. The molecule has 1 N–H and O–H groups in total. The molecule has 5 saturated carbocycles. The maximum absolute atomic E-state index is 13.0. The first-order chi connectivity index (χ1) is 20.7. The number of allylic oxidation sites excluding steroid dienone is 1. The number of benzene rings is 1. The topological polar surface area (TPSA) is 46.5 Å². The molecule has 0 heterocycles. The highest BCUT2D eigenvalue weighted by Gasteiger charge is 2.82. The zero-order valence-electron chi connectivity index (χ0n) is 28.9. The molecule has 0 radical (unpaired) electrons. The number of aromatic hydroxyl groups is 1. The molecule has 1 aromatic carbocycles. The summed E-state index contributed by atoms with van der Waals surface area (Å²) in [6, 6.07) is 6.91. The van der Waals surface area contributed by atoms with Gasteiger partial charge < -0.3 is 9.84 Å². The standard InChI is InChI=1S/C41H60O3/c1-9-30(27(2)3)14-10-28(4)32-20-22-39(8)34-18-17-33-37(5,6)35(44-36(43)19-13-29-11-15-31(42)16-12-29)21-23-40(33)26-41(34,40)25-24-38(32,39)7/h11-13,15-16,19,28,30,32-35,42H,2,9-10,14,17-18,20-26H2,1,3-8H3/t28-,30-,32+,33+,34+,35+,38-,39+,40-,41+/m1/s1. The van der Waals surface area contributed by atoms with E-state index < -0.39 is 0 Å². The van der Waals surface area contributed by atoms with Gasteiger partial charge in [0.15, 0.2) is 0 Å². The van der Waals surface area contributed by atoms with Gasteiger partial charge in [-0.25, -0.2) is 4.79 Å². The quantitative estimate of drug-likeness (QED) is 0.174. The van der Waals surface area contributed by atoms with Crippen molar-refractivity contribution in [2.24, 2.45) is 56.7 Å². The molecule has 2 spiro atoms. The summed E-state index contributed by atoms with van der Waals surface area (Å²) in [5, 5.41) is 9.54. The Hall–Kier alpha value is -2.03. The summed E-state index contributed by atoms with van der Waals surface area (Å²) < 4.78 is 6.23. The molecule has 0 bridgehead atoms. The van der Waals surface area contributed by atoms with E-state index in [0.29, 0.717) is 33.5 Å². The van der Waals surface area contributed by atoms with Crippen LogP contribution in [0.3, 0.4) is 0 Å². The molecular weight excluding hydrogens is 540 g/mol. The van der Waals surface area contributed by atoms with Crippen LogP contribution in [0.5, 0.6) is 5.75 Å². The summed E-state index contributed by atoms with van der Waals surface area (Å²) >= 11 is 0. The Labute approximate surface area is 268 Å². The van der Waals surface area contributed by atoms with E-state index >= 15 is 0 Å². The van der Waals surface area contributed by atoms with Crippen LogP contribution in [0.1, 0.15) is 131 Å². The number of ether oxygens (including phenoxy) is 1. The minimum Gasteiger partial charge on any atom is -0.508 e. The Morgan fingerprint density at radius 1 is 0.955 bits per heavy atom. The van der Waals surface area contributed by atoms with Gasteiger partial charge in [0, 0.05) is 11.5 Å². The first-order valence-electron chi connectivity index (χ1n) is 18.1. The number of esters is 1. The third-order valence-electron chi connectivity index (χ3n) is 15.5. The van der Waals surface area contributed by atoms with Crippen molar-refractivity contribution in [1.82, 2.24) is 0 Å². The molecule has 242 valence electrons. The highest BCUT2D eigenvalue weighted by Crippen LogP contribution is 2.89. The molecular formula is C41H60O3. The van der Waals surface area contributed by atoms with Gasteiger partial charge in [0.2, 0.25) is 0 Å². The van der Waals surface area contributed by atoms with Gasteiger partial charge in [-0.15, -0.1) is 0 Å². The fraction of sp³-hybridized carbons (Fsp3) is 0.732. The van der Waals surface area contributed by atoms with Crippen molar-refractivity contribution in [3.8, 4) is 5.75 Å². The minimum absolute atomic E-state index is 0.0117. The normalized spacial score (nSPS) is 41.5. The molecule has 0 unspecified atom stereocenters. The van der Waals surface area contributed by atoms with Crippen molar-refractivity contribution in [2.45, 2.75) is 132 Å². The Balaban J connectivity index is 1.15. The van der Waals surface area contributed by atoms with Crippen LogP contribution in [0.15, 0.2) is 42.5 Å². The number of hydrogen-bond acceptors (Lipinski definition) is 3. The smallest absolute Gasteiger partial charge is 0.331 e. The van der Waals surface area contributed by atoms with Crippen LogP contribution in [0.2, 0.25) is 0 Å². The van der Waals surface area contributed by atoms with Crippen LogP contribution in [0.4, 0.5) is 0 Å². The average molecular weight is 601 g/mol. The minimum atomic E-state index is -0.244. The zero-order chi connectivity index (χ0) is 31.7. The molecule has 3 nitrogen and oxygen atoms in total. The highest BCUT2D eigenvalue weighted by molar-refractivity contribution is 5.87. The largest absolute Gasteiger partial charge is 0.508 e. The predicted octanol–water partition coefficient (Wildman–Crippen LogP) is 10.8. The number of rotatable bonds is 9. The van der Waals surface area contributed by atoms with E-state index in [-0.39, 0.29) is 23.2 Å². The van der Waals surface area contributed by atoms with Crippen molar-refractivity contribution in [3.05, 3.63) is 48.1 Å². The van der Waals surface area contributed by atoms with Crippen LogP contribution in [0, 0.1) is 56.7 Å². The monoisotopic (exact) mass is 600 g/mol. The molecule has 1 aromatic rings. The summed E-state index contributed by atoms with van der Waals surface area (Å²) in [6.07, 6.45) is 19.1. The van der Waals surface area contributed by atoms with Gasteiger partial charge in [0.05, 0.1) is 0 Å². The van der Waals surface area contributed by atoms with Crippen LogP contribution >= 0.6 is 0 Å². The third kappa shape index (κ3) is 4.67. The molecule has 3 heteroatoms. The van der Waals surface area contributed by atoms with E-state index in [0.717, 1.165) is 29.7 Å². The van der Waals surface area contributed by atoms with E-state index in [2.05, 4.69) is 55.0 Å². The predicted molar refractivity (Wildman–Crippen MR) is 181 cm³/mol. The van der Waals surface area contributed by atoms with Crippen LogP contribution in [-0.2, 0) is 9.53 Å². The zero-order valence-corrected chi connectivity index (χ0v) is 28.9. The van der Waals surface area contributed by atoms with Crippen molar-refractivity contribution in [3.63, 3.8) is 0 Å². The summed E-state index contributed by atoms with van der Waals surface area (Å²) in [6.45, 7) is 21.7. The third-order valence-corrected chi connectivity index (χ3v) is 15.5. The van der Waals surface area contributed by atoms with Gasteiger partial charge in [0.1, 0.15) is 11.9 Å². The first-order valence-corrected chi connectivity index (χ1v) is 18.1. The lowest BCUT2D eigenvalue weighted by atomic mass is 9.41. The van der Waals surface area contributed by atoms with E-state index in [4.69, 9.17) is 4.74 Å². The second-order valence-corrected chi connectivity index (χ2v) is 17.4. The van der Waals surface area contributed by atoms with Gasteiger partial charge in [0.25, 0.3) is 0 Å². The Morgan fingerprint density at radius 2 is 1.64 bits per heavy atom. The second-order valence-electron chi connectivity index (χ2n) is 17.4. The molecule has 0 aromatic heterocycles. The molecule has 0 saturated heterocycles. The van der Waals surface area contributed by atoms with E-state index in [1.807, 2.05) is 12.1 Å². The number of carbonyl (C=O) groups excluding carboxylic acids is 1. The summed E-state index contributed by atoms with van der Waals surface area (Å²) in [4.78, 5) is 13.0. The fourth-order valence-corrected chi connectivity index (χ4v) is 12.9. The fourth-order valence-electron chi connectivity index (χ4n) is 12.9. The van der Waals surface area contributed by atoms with Crippen molar-refractivity contribution < 1.29 is 14.6 Å². The lowest BCUT2D eigenvalue weighted by molar-refractivity contribution is -0.179. The molecule has 10 atom stereocenters. The lowest BCUT2D eigenvalue weighted by Gasteiger charge is -2.63. The number of phenols is 1. The number of hydrogen-bond donors (Lipinski definition) is 1.